The number of imidazole rings is 1. The van der Waals surface area contributed by atoms with E-state index in [0.717, 1.165) is 35.6 Å². The molecule has 4 rings (SSSR count). The Kier molecular flexibility index (Phi) is 5.40. The summed E-state index contributed by atoms with van der Waals surface area (Å²) in [5, 5.41) is 0. The van der Waals surface area contributed by atoms with Gasteiger partial charge in [-0.1, -0.05) is 0 Å². The Morgan fingerprint density at radius 3 is 2.59 bits per heavy atom. The second-order valence-electron chi connectivity index (χ2n) is 6.95. The van der Waals surface area contributed by atoms with Crippen molar-refractivity contribution < 1.29 is 14.3 Å². The van der Waals surface area contributed by atoms with Crippen LogP contribution in [0, 0.1) is 4.77 Å². The van der Waals surface area contributed by atoms with Crippen molar-refractivity contribution in [3.8, 4) is 17.2 Å². The maximum atomic E-state index is 13.3. The number of methoxy groups -OCH3 is 2. The van der Waals surface area contributed by atoms with Gasteiger partial charge in [0, 0.05) is 35.8 Å². The summed E-state index contributed by atoms with van der Waals surface area (Å²) in [6.45, 7) is 0.717. The summed E-state index contributed by atoms with van der Waals surface area (Å²) in [6.07, 6.45) is 5.50. The molecule has 1 amide bonds. The molecule has 0 bridgehead atoms. The molecule has 2 heterocycles. The molecule has 2 aromatic carbocycles. The third-order valence-corrected chi connectivity index (χ3v) is 5.67. The van der Waals surface area contributed by atoms with Gasteiger partial charge in [-0.2, -0.15) is 0 Å². The molecule has 1 atom stereocenters. The largest absolute Gasteiger partial charge is 0.497 e. The number of H-pyrrole nitrogens is 1. The lowest BCUT2D eigenvalue weighted by molar-refractivity contribution is 0.0734. The molecule has 3 aromatic rings. The molecule has 1 saturated heterocycles. The van der Waals surface area contributed by atoms with E-state index in [0.29, 0.717) is 16.9 Å². The fourth-order valence-electron chi connectivity index (χ4n) is 3.89. The summed E-state index contributed by atoms with van der Waals surface area (Å²) in [4.78, 5) is 18.2. The van der Waals surface area contributed by atoms with Gasteiger partial charge in [-0.05, 0) is 67.5 Å². The maximum absolute atomic E-state index is 13.3. The van der Waals surface area contributed by atoms with Gasteiger partial charge in [-0.15, -0.1) is 0 Å². The van der Waals surface area contributed by atoms with Crippen molar-refractivity contribution in [3.63, 3.8) is 0 Å². The first-order valence-corrected chi connectivity index (χ1v) is 9.92. The van der Waals surface area contributed by atoms with E-state index in [1.165, 1.54) is 0 Å². The smallest absolute Gasteiger partial charge is 0.254 e. The van der Waals surface area contributed by atoms with E-state index in [2.05, 4.69) is 4.98 Å². The van der Waals surface area contributed by atoms with Gasteiger partial charge in [0.2, 0.25) is 0 Å². The molecule has 29 heavy (non-hydrogen) atoms. The van der Waals surface area contributed by atoms with Crippen molar-refractivity contribution in [2.75, 3.05) is 20.8 Å². The molecule has 1 aliphatic heterocycles. The standard InChI is InChI=1S/C22H23N3O3S/c1-27-17-9-10-20(28-2)18(14-17)19-4-3-12-25(19)21(26)15-5-7-16(8-6-15)24-13-11-23-22(24)29/h5-11,13-14,19H,3-4,12H2,1-2H3,(H,23,29). The molecular formula is C22H23N3O3S. The number of amides is 1. The molecule has 6 nitrogen and oxygen atoms in total. The molecular weight excluding hydrogens is 386 g/mol. The van der Waals surface area contributed by atoms with Crippen LogP contribution in [0.3, 0.4) is 0 Å². The lowest BCUT2D eigenvalue weighted by atomic mass is 10.0. The molecule has 0 saturated carbocycles. The van der Waals surface area contributed by atoms with E-state index < -0.39 is 0 Å². The summed E-state index contributed by atoms with van der Waals surface area (Å²) in [5.74, 6) is 1.54. The first-order valence-electron chi connectivity index (χ1n) is 9.51. The number of rotatable bonds is 5. The fraction of sp³-hybridized carbons (Fsp3) is 0.273. The number of hydrogen-bond acceptors (Lipinski definition) is 4. The molecule has 150 valence electrons. The third kappa shape index (κ3) is 3.65. The van der Waals surface area contributed by atoms with Crippen molar-refractivity contribution in [1.82, 2.24) is 14.5 Å². The zero-order valence-corrected chi connectivity index (χ0v) is 17.2. The van der Waals surface area contributed by atoms with Gasteiger partial charge in [0.1, 0.15) is 11.5 Å². The molecule has 0 radical (unpaired) electrons. The number of aromatic nitrogens is 2. The van der Waals surface area contributed by atoms with E-state index in [1.807, 2.05) is 58.1 Å². The van der Waals surface area contributed by atoms with Crippen LogP contribution in [0.15, 0.2) is 54.9 Å². The minimum absolute atomic E-state index is 0.0154. The zero-order chi connectivity index (χ0) is 20.4. The Morgan fingerprint density at radius 1 is 1.14 bits per heavy atom. The lowest BCUT2D eigenvalue weighted by Crippen LogP contribution is -2.30. The third-order valence-electron chi connectivity index (χ3n) is 5.35. The molecule has 1 fully saturated rings. The van der Waals surface area contributed by atoms with Crippen LogP contribution in [-0.2, 0) is 0 Å². The van der Waals surface area contributed by atoms with Crippen molar-refractivity contribution in [2.24, 2.45) is 0 Å². The number of nitrogens with zero attached hydrogens (tertiary/aromatic N) is 2. The van der Waals surface area contributed by atoms with Crippen molar-refractivity contribution in [1.29, 1.82) is 0 Å². The van der Waals surface area contributed by atoms with Crippen molar-refractivity contribution >= 4 is 18.1 Å². The van der Waals surface area contributed by atoms with Gasteiger partial charge in [-0.25, -0.2) is 0 Å². The normalized spacial score (nSPS) is 16.1. The van der Waals surface area contributed by atoms with Crippen LogP contribution in [0.5, 0.6) is 11.5 Å². The summed E-state index contributed by atoms with van der Waals surface area (Å²) in [7, 11) is 3.29. The Bertz CT molecular complexity index is 1070. The van der Waals surface area contributed by atoms with Gasteiger partial charge in [0.15, 0.2) is 4.77 Å². The van der Waals surface area contributed by atoms with Crippen LogP contribution in [0.2, 0.25) is 0 Å². The molecule has 7 heteroatoms. The molecule has 0 aliphatic carbocycles. The van der Waals surface area contributed by atoms with Crippen LogP contribution in [0.4, 0.5) is 0 Å². The number of nitrogens with one attached hydrogen (secondary N) is 1. The minimum Gasteiger partial charge on any atom is -0.497 e. The fourth-order valence-corrected chi connectivity index (χ4v) is 4.12. The zero-order valence-electron chi connectivity index (χ0n) is 16.4. The monoisotopic (exact) mass is 409 g/mol. The number of carbonyl (C=O) groups is 1. The van der Waals surface area contributed by atoms with Crippen LogP contribution >= 0.6 is 12.2 Å². The Hall–Kier alpha value is -3.06. The quantitative estimate of drug-likeness (QED) is 0.629. The molecule has 1 unspecified atom stereocenters. The van der Waals surface area contributed by atoms with Crippen LogP contribution in [-0.4, -0.2) is 41.1 Å². The lowest BCUT2D eigenvalue weighted by Gasteiger charge is -2.27. The number of aromatic amines is 1. The van der Waals surface area contributed by atoms with E-state index in [9.17, 15) is 4.79 Å². The van der Waals surface area contributed by atoms with Gasteiger partial charge >= 0.3 is 0 Å². The average molecular weight is 410 g/mol. The van der Waals surface area contributed by atoms with E-state index in [1.54, 1.807) is 20.4 Å². The predicted molar refractivity (Wildman–Crippen MR) is 114 cm³/mol. The van der Waals surface area contributed by atoms with E-state index in [4.69, 9.17) is 21.7 Å². The number of benzene rings is 2. The SMILES string of the molecule is COc1ccc(OC)c(C2CCCN2C(=O)c2ccc(-n3cc[nH]c3=S)cc2)c1. The first kappa shape index (κ1) is 19.3. The van der Waals surface area contributed by atoms with Crippen LogP contribution in [0.1, 0.15) is 34.8 Å². The van der Waals surface area contributed by atoms with Gasteiger partial charge < -0.3 is 19.4 Å². The van der Waals surface area contributed by atoms with Gasteiger partial charge in [0.05, 0.1) is 20.3 Å². The summed E-state index contributed by atoms with van der Waals surface area (Å²) >= 11 is 5.26. The van der Waals surface area contributed by atoms with Crippen LogP contribution in [0.25, 0.3) is 5.69 Å². The second kappa shape index (κ2) is 8.13. The topological polar surface area (TPSA) is 59.5 Å². The highest BCUT2D eigenvalue weighted by Crippen LogP contribution is 2.39. The second-order valence-corrected chi connectivity index (χ2v) is 7.33. The highest BCUT2D eigenvalue weighted by atomic mass is 32.1. The summed E-state index contributed by atoms with van der Waals surface area (Å²) < 4.78 is 13.4. The molecule has 0 spiro atoms. The Morgan fingerprint density at radius 2 is 1.93 bits per heavy atom. The molecule has 1 aliphatic rings. The summed E-state index contributed by atoms with van der Waals surface area (Å²) in [5.41, 5.74) is 2.55. The Balaban J connectivity index is 1.62. The minimum atomic E-state index is -0.0366. The Labute approximate surface area is 174 Å². The van der Waals surface area contributed by atoms with Crippen molar-refractivity contribution in [3.05, 3.63) is 70.8 Å². The van der Waals surface area contributed by atoms with Crippen molar-refractivity contribution in [2.45, 2.75) is 18.9 Å². The maximum Gasteiger partial charge on any atom is 0.254 e. The number of ether oxygens (including phenoxy) is 2. The van der Waals surface area contributed by atoms with E-state index in [-0.39, 0.29) is 11.9 Å². The van der Waals surface area contributed by atoms with Gasteiger partial charge in [-0.3, -0.25) is 9.36 Å². The average Bonchev–Trinajstić information content (AvgIpc) is 3.42. The number of likely N-dealkylation sites (tertiary alicyclic amines) is 1. The molecule has 1 N–H and O–H groups in total. The molecule has 1 aromatic heterocycles. The highest BCUT2D eigenvalue weighted by molar-refractivity contribution is 7.71. The number of carbonyl (C=O) groups excluding carboxylic acids is 1. The van der Waals surface area contributed by atoms with E-state index >= 15 is 0 Å². The number of hydrogen-bond donors (Lipinski definition) is 1. The van der Waals surface area contributed by atoms with Crippen LogP contribution < -0.4 is 9.47 Å². The highest BCUT2D eigenvalue weighted by Gasteiger charge is 2.32. The summed E-state index contributed by atoms with van der Waals surface area (Å²) in [6, 6.07) is 13.2. The predicted octanol–water partition coefficient (Wildman–Crippen LogP) is 4.53. The first-order chi connectivity index (χ1) is 14.1. The van der Waals surface area contributed by atoms with Gasteiger partial charge in [0.25, 0.3) is 5.91 Å².